The monoisotopic (exact) mass is 412 g/mol. The van der Waals surface area contributed by atoms with Crippen molar-refractivity contribution >= 4 is 34.3 Å². The van der Waals surface area contributed by atoms with E-state index < -0.39 is 6.09 Å². The maximum Gasteiger partial charge on any atom is 0.411 e. The molecule has 2 amide bonds. The number of aromatic nitrogens is 2. The summed E-state index contributed by atoms with van der Waals surface area (Å²) in [6.45, 7) is 2.03. The quantitative estimate of drug-likeness (QED) is 0.475. The summed E-state index contributed by atoms with van der Waals surface area (Å²) in [5.74, 6) is -0.255. The number of fused-ring (bicyclic) bond motifs is 1. The molecule has 7 nitrogen and oxygen atoms in total. The van der Waals surface area contributed by atoms with Gasteiger partial charge in [-0.2, -0.15) is 0 Å². The van der Waals surface area contributed by atoms with E-state index in [9.17, 15) is 9.59 Å². The average molecular weight is 412 g/mol. The van der Waals surface area contributed by atoms with Crippen LogP contribution >= 0.6 is 0 Å². The minimum atomic E-state index is -0.523. The summed E-state index contributed by atoms with van der Waals surface area (Å²) < 4.78 is 4.86. The standard InChI is InChI=1S/C24H20N4O3/c1-2-31-24(30)27-18-11-9-17(10-12-18)26-23(29)20-14-22(16-6-5-13-25-15-16)28-21-8-4-3-7-19(20)21/h3-15H,2H2,1H3,(H,26,29)(H,27,30). The lowest BCUT2D eigenvalue weighted by atomic mass is 10.0. The van der Waals surface area contributed by atoms with Crippen LogP contribution < -0.4 is 10.6 Å². The Labute approximate surface area is 179 Å². The highest BCUT2D eigenvalue weighted by Gasteiger charge is 2.14. The van der Waals surface area contributed by atoms with E-state index in [1.165, 1.54) is 0 Å². The van der Waals surface area contributed by atoms with E-state index in [0.717, 1.165) is 16.5 Å². The number of pyridine rings is 2. The fraction of sp³-hybridized carbons (Fsp3) is 0.0833. The number of nitrogens with zero attached hydrogens (tertiary/aromatic N) is 2. The molecule has 0 aliphatic rings. The number of carbonyl (C=O) groups excluding carboxylic acids is 2. The molecule has 2 aromatic heterocycles. The molecule has 0 bridgehead atoms. The molecule has 0 aliphatic heterocycles. The van der Waals surface area contributed by atoms with E-state index in [2.05, 4.69) is 20.6 Å². The second-order valence-corrected chi connectivity index (χ2v) is 6.69. The van der Waals surface area contributed by atoms with Gasteiger partial charge in [-0.05, 0) is 55.5 Å². The molecule has 0 saturated heterocycles. The van der Waals surface area contributed by atoms with Crippen LogP contribution in [0.25, 0.3) is 22.2 Å². The van der Waals surface area contributed by atoms with Gasteiger partial charge in [0.05, 0.1) is 23.4 Å². The zero-order chi connectivity index (χ0) is 21.6. The van der Waals surface area contributed by atoms with Crippen molar-refractivity contribution in [1.82, 2.24) is 9.97 Å². The predicted molar refractivity (Wildman–Crippen MR) is 120 cm³/mol. The highest BCUT2D eigenvalue weighted by Crippen LogP contribution is 2.25. The Hall–Kier alpha value is -4.26. The third-order valence-electron chi connectivity index (χ3n) is 4.58. The topological polar surface area (TPSA) is 93.2 Å². The van der Waals surface area contributed by atoms with Crippen molar-refractivity contribution in [2.45, 2.75) is 6.92 Å². The van der Waals surface area contributed by atoms with Crippen molar-refractivity contribution in [1.29, 1.82) is 0 Å². The summed E-state index contributed by atoms with van der Waals surface area (Å²) in [5.41, 5.74) is 3.91. The number of nitrogens with one attached hydrogen (secondary N) is 2. The fourth-order valence-corrected chi connectivity index (χ4v) is 3.15. The number of benzene rings is 2. The zero-order valence-electron chi connectivity index (χ0n) is 16.8. The maximum atomic E-state index is 13.1. The molecule has 0 unspecified atom stereocenters. The van der Waals surface area contributed by atoms with Gasteiger partial charge < -0.3 is 10.1 Å². The number of hydrogen-bond donors (Lipinski definition) is 2. The molecule has 0 saturated carbocycles. The fourth-order valence-electron chi connectivity index (χ4n) is 3.15. The van der Waals surface area contributed by atoms with Crippen LogP contribution in [0.15, 0.2) is 79.1 Å². The first-order valence-corrected chi connectivity index (χ1v) is 9.79. The highest BCUT2D eigenvalue weighted by molar-refractivity contribution is 6.13. The average Bonchev–Trinajstić information content (AvgIpc) is 2.80. The largest absolute Gasteiger partial charge is 0.450 e. The first-order chi connectivity index (χ1) is 15.1. The molecule has 4 rings (SSSR count). The number of anilines is 2. The van der Waals surface area contributed by atoms with Crippen LogP contribution in [0.5, 0.6) is 0 Å². The summed E-state index contributed by atoms with van der Waals surface area (Å²) in [4.78, 5) is 33.5. The number of rotatable bonds is 5. The van der Waals surface area contributed by atoms with Crippen LogP contribution in [0, 0.1) is 0 Å². The summed E-state index contributed by atoms with van der Waals surface area (Å²) in [6.07, 6.45) is 2.89. The van der Waals surface area contributed by atoms with Crippen molar-refractivity contribution in [2.75, 3.05) is 17.2 Å². The second-order valence-electron chi connectivity index (χ2n) is 6.69. The van der Waals surface area contributed by atoms with E-state index in [1.807, 2.05) is 36.4 Å². The Bertz CT molecular complexity index is 1220. The summed E-state index contributed by atoms with van der Waals surface area (Å²) in [7, 11) is 0. The van der Waals surface area contributed by atoms with Gasteiger partial charge in [0.15, 0.2) is 0 Å². The van der Waals surface area contributed by atoms with Gasteiger partial charge in [0.2, 0.25) is 0 Å². The lowest BCUT2D eigenvalue weighted by molar-refractivity contribution is 0.102. The Morgan fingerprint density at radius 2 is 1.68 bits per heavy atom. The molecule has 0 aliphatic carbocycles. The Morgan fingerprint density at radius 1 is 0.935 bits per heavy atom. The van der Waals surface area contributed by atoms with Crippen LogP contribution in [0.1, 0.15) is 17.3 Å². The lowest BCUT2D eigenvalue weighted by Gasteiger charge is -2.11. The molecule has 0 radical (unpaired) electrons. The SMILES string of the molecule is CCOC(=O)Nc1ccc(NC(=O)c2cc(-c3cccnc3)nc3ccccc23)cc1. The van der Waals surface area contributed by atoms with Gasteiger partial charge in [0.25, 0.3) is 5.91 Å². The lowest BCUT2D eigenvalue weighted by Crippen LogP contribution is -2.14. The molecule has 2 heterocycles. The predicted octanol–water partition coefficient (Wildman–Crippen LogP) is 5.12. The number of hydrogen-bond acceptors (Lipinski definition) is 5. The molecule has 0 atom stereocenters. The number of para-hydroxylation sites is 1. The van der Waals surface area contributed by atoms with Gasteiger partial charge in [-0.1, -0.05) is 18.2 Å². The third-order valence-corrected chi connectivity index (χ3v) is 4.58. The number of ether oxygens (including phenoxy) is 1. The van der Waals surface area contributed by atoms with Crippen LogP contribution in [0.3, 0.4) is 0 Å². The summed E-state index contributed by atoms with van der Waals surface area (Å²) in [6, 6.07) is 19.8. The Morgan fingerprint density at radius 3 is 2.39 bits per heavy atom. The van der Waals surface area contributed by atoms with Gasteiger partial charge in [-0.3, -0.25) is 15.1 Å². The minimum absolute atomic E-state index is 0.255. The van der Waals surface area contributed by atoms with Crippen LogP contribution in [-0.4, -0.2) is 28.6 Å². The van der Waals surface area contributed by atoms with Gasteiger partial charge in [0, 0.05) is 34.7 Å². The molecule has 154 valence electrons. The highest BCUT2D eigenvalue weighted by atomic mass is 16.5. The third kappa shape index (κ3) is 4.67. The van der Waals surface area contributed by atoms with Crippen LogP contribution in [-0.2, 0) is 4.74 Å². The van der Waals surface area contributed by atoms with Crippen molar-refractivity contribution in [2.24, 2.45) is 0 Å². The normalized spacial score (nSPS) is 10.5. The van der Waals surface area contributed by atoms with Crippen molar-refractivity contribution in [3.63, 3.8) is 0 Å². The molecule has 2 aromatic carbocycles. The van der Waals surface area contributed by atoms with Crippen molar-refractivity contribution < 1.29 is 14.3 Å². The maximum absolute atomic E-state index is 13.1. The molecule has 31 heavy (non-hydrogen) atoms. The first-order valence-electron chi connectivity index (χ1n) is 9.79. The molecule has 4 aromatic rings. The molecule has 7 heteroatoms. The van der Waals surface area contributed by atoms with Gasteiger partial charge in [0.1, 0.15) is 0 Å². The second kappa shape index (κ2) is 9.04. The van der Waals surface area contributed by atoms with E-state index in [4.69, 9.17) is 4.74 Å². The van der Waals surface area contributed by atoms with E-state index in [1.54, 1.807) is 49.6 Å². The molecule has 0 fully saturated rings. The van der Waals surface area contributed by atoms with E-state index in [-0.39, 0.29) is 5.91 Å². The Balaban J connectivity index is 1.61. The Kier molecular flexibility index (Phi) is 5.84. The van der Waals surface area contributed by atoms with E-state index in [0.29, 0.717) is 29.2 Å². The van der Waals surface area contributed by atoms with Gasteiger partial charge in [-0.15, -0.1) is 0 Å². The molecule has 2 N–H and O–H groups in total. The van der Waals surface area contributed by atoms with E-state index >= 15 is 0 Å². The summed E-state index contributed by atoms with van der Waals surface area (Å²) >= 11 is 0. The zero-order valence-corrected chi connectivity index (χ0v) is 16.8. The number of carbonyl (C=O) groups is 2. The van der Waals surface area contributed by atoms with Gasteiger partial charge >= 0.3 is 6.09 Å². The molecular formula is C24H20N4O3. The minimum Gasteiger partial charge on any atom is -0.450 e. The van der Waals surface area contributed by atoms with Crippen molar-refractivity contribution in [3.05, 3.63) is 84.7 Å². The van der Waals surface area contributed by atoms with Crippen LogP contribution in [0.2, 0.25) is 0 Å². The van der Waals surface area contributed by atoms with Gasteiger partial charge in [-0.25, -0.2) is 9.78 Å². The smallest absolute Gasteiger partial charge is 0.411 e. The molecular weight excluding hydrogens is 392 g/mol. The van der Waals surface area contributed by atoms with Crippen molar-refractivity contribution in [3.8, 4) is 11.3 Å². The van der Waals surface area contributed by atoms with Crippen LogP contribution in [0.4, 0.5) is 16.2 Å². The summed E-state index contributed by atoms with van der Waals surface area (Å²) in [5, 5.41) is 6.28. The molecule has 0 spiro atoms. The number of amides is 2. The first kappa shape index (κ1) is 20.0.